The summed E-state index contributed by atoms with van der Waals surface area (Å²) in [5.41, 5.74) is 0. The van der Waals surface area contributed by atoms with Crippen LogP contribution in [0.25, 0.3) is 0 Å². The molecule has 2 N–H and O–H groups in total. The monoisotopic (exact) mass is 276 g/mol. The van der Waals surface area contributed by atoms with Crippen molar-refractivity contribution in [2.45, 2.75) is 43.3 Å². The minimum absolute atomic E-state index is 2.07. The first kappa shape index (κ1) is 16.4. The summed E-state index contributed by atoms with van der Waals surface area (Å²) >= 11 is 0. The van der Waals surface area contributed by atoms with Crippen LogP contribution in [0, 0.1) is 0 Å². The van der Waals surface area contributed by atoms with Gasteiger partial charge in [-0.1, -0.05) is 0 Å². The average Bonchev–Trinajstić information content (AvgIpc) is 1.97. The van der Waals surface area contributed by atoms with Crippen molar-refractivity contribution in [2.24, 2.45) is 0 Å². The second-order valence-electron chi connectivity index (χ2n) is 3.36. The van der Waals surface area contributed by atoms with Gasteiger partial charge in [0, 0.05) is 6.42 Å². The maximum Gasteiger partial charge on any atom is 0.453 e. The lowest BCUT2D eigenvalue weighted by Gasteiger charge is -2.25. The molecule has 0 rings (SSSR count). The molecule has 0 aliphatic carbocycles. The van der Waals surface area contributed by atoms with Gasteiger partial charge < -0.3 is 10.2 Å². The summed E-state index contributed by atoms with van der Waals surface area (Å²) in [4.78, 5) is 0. The Hall–Kier alpha value is -0.640. The summed E-state index contributed by atoms with van der Waals surface area (Å²) < 4.78 is 94.4. The zero-order valence-electron chi connectivity index (χ0n) is 7.99. The van der Waals surface area contributed by atoms with E-state index in [1.807, 2.05) is 0 Å². The van der Waals surface area contributed by atoms with Gasteiger partial charge in [-0.3, -0.25) is 0 Å². The van der Waals surface area contributed by atoms with E-state index in [0.29, 0.717) is 0 Å². The van der Waals surface area contributed by atoms with Crippen LogP contribution in [0.2, 0.25) is 0 Å². The van der Waals surface area contributed by atoms with Gasteiger partial charge in [-0.05, 0) is 0 Å². The predicted molar refractivity (Wildman–Crippen MR) is 38.3 cm³/mol. The predicted octanol–water partition coefficient (Wildman–Crippen LogP) is 2.25. The molecule has 0 saturated heterocycles. The highest BCUT2D eigenvalue weighted by Gasteiger charge is 2.58. The summed E-state index contributed by atoms with van der Waals surface area (Å²) in [6.07, 6.45) is -20.9. The molecule has 0 aliphatic heterocycles. The van der Waals surface area contributed by atoms with Crippen molar-refractivity contribution in [3.05, 3.63) is 0 Å². The minimum Gasteiger partial charge on any atom is -0.390 e. The number of alkyl halides is 8. The number of hydrogen-bond donors (Lipinski definition) is 2. The number of hydrogen-bond acceptors (Lipinski definition) is 2. The fraction of sp³-hybridized carbons (Fsp3) is 1.00. The number of rotatable bonds is 4. The number of aliphatic hydroxyl groups is 2. The van der Waals surface area contributed by atoms with Crippen LogP contribution in [0.4, 0.5) is 35.1 Å². The fourth-order valence-corrected chi connectivity index (χ4v) is 0.888. The van der Waals surface area contributed by atoms with E-state index in [1.165, 1.54) is 0 Å². The number of aliphatic hydroxyl groups excluding tert-OH is 2. The molecule has 0 bridgehead atoms. The van der Waals surface area contributed by atoms with Crippen molar-refractivity contribution >= 4 is 0 Å². The third kappa shape index (κ3) is 5.48. The highest BCUT2D eigenvalue weighted by Crippen LogP contribution is 2.39. The molecule has 0 spiro atoms. The van der Waals surface area contributed by atoms with Gasteiger partial charge in [0.15, 0.2) is 0 Å². The average molecular weight is 276 g/mol. The molecular weight excluding hydrogens is 268 g/mol. The Bertz CT molecular complexity index is 245. The molecule has 0 aromatic heterocycles. The van der Waals surface area contributed by atoms with Crippen LogP contribution in [-0.4, -0.2) is 40.7 Å². The lowest BCUT2D eigenvalue weighted by molar-refractivity contribution is -0.293. The van der Waals surface area contributed by atoms with Gasteiger partial charge in [0.2, 0.25) is 0 Å². The summed E-state index contributed by atoms with van der Waals surface area (Å²) in [5, 5.41) is 17.3. The van der Waals surface area contributed by atoms with Gasteiger partial charge in [0.05, 0.1) is 18.6 Å². The van der Waals surface area contributed by atoms with Gasteiger partial charge >= 0.3 is 18.3 Å². The van der Waals surface area contributed by atoms with Crippen molar-refractivity contribution < 1.29 is 45.3 Å². The van der Waals surface area contributed by atoms with E-state index in [2.05, 4.69) is 0 Å². The Morgan fingerprint density at radius 2 is 1.06 bits per heavy atom. The van der Waals surface area contributed by atoms with Crippen molar-refractivity contribution in [1.82, 2.24) is 0 Å². The Balaban J connectivity index is 4.50. The van der Waals surface area contributed by atoms with Gasteiger partial charge in [0.1, 0.15) is 0 Å². The van der Waals surface area contributed by atoms with Crippen LogP contribution in [0.3, 0.4) is 0 Å². The summed E-state index contributed by atoms with van der Waals surface area (Å²) in [6, 6.07) is 0. The molecule has 104 valence electrons. The van der Waals surface area contributed by atoms with E-state index in [1.54, 1.807) is 0 Å². The Kier molecular flexibility index (Phi) is 4.74. The maximum atomic E-state index is 12.3. The Morgan fingerprint density at radius 3 is 1.35 bits per heavy atom. The zero-order chi connectivity index (χ0) is 14.1. The quantitative estimate of drug-likeness (QED) is 0.773. The standard InChI is InChI=1S/C7H8F8O2/c8-5(9,7(13,14)15)1-3(16)4(17)2-6(10,11)12/h3-4,16-17H,1-2H2. The summed E-state index contributed by atoms with van der Waals surface area (Å²) in [6.45, 7) is 0. The highest BCUT2D eigenvalue weighted by molar-refractivity contribution is 4.83. The van der Waals surface area contributed by atoms with E-state index in [-0.39, 0.29) is 0 Å². The molecule has 10 heteroatoms. The second kappa shape index (κ2) is 4.92. The third-order valence-electron chi connectivity index (χ3n) is 1.76. The molecular formula is C7H8F8O2. The third-order valence-corrected chi connectivity index (χ3v) is 1.76. The second-order valence-corrected chi connectivity index (χ2v) is 3.36. The zero-order valence-corrected chi connectivity index (χ0v) is 7.99. The number of halogens is 8. The largest absolute Gasteiger partial charge is 0.453 e. The van der Waals surface area contributed by atoms with Gasteiger partial charge in [-0.15, -0.1) is 0 Å². The minimum atomic E-state index is -5.99. The molecule has 17 heavy (non-hydrogen) atoms. The Labute approximate surface area is 89.8 Å². The van der Waals surface area contributed by atoms with Crippen LogP contribution in [-0.2, 0) is 0 Å². The summed E-state index contributed by atoms with van der Waals surface area (Å²) in [5.74, 6) is -5.36. The normalized spacial score (nSPS) is 18.0. The molecule has 0 radical (unpaired) electrons. The van der Waals surface area contributed by atoms with Crippen LogP contribution in [0.1, 0.15) is 12.8 Å². The lowest BCUT2D eigenvalue weighted by Crippen LogP contribution is -2.43. The first-order valence-electron chi connectivity index (χ1n) is 4.14. The molecule has 0 heterocycles. The van der Waals surface area contributed by atoms with E-state index < -0.39 is 43.3 Å². The van der Waals surface area contributed by atoms with Crippen LogP contribution in [0.5, 0.6) is 0 Å². The molecule has 0 fully saturated rings. The molecule has 0 aromatic carbocycles. The molecule has 0 saturated carbocycles. The van der Waals surface area contributed by atoms with Crippen LogP contribution >= 0.6 is 0 Å². The maximum absolute atomic E-state index is 12.3. The van der Waals surface area contributed by atoms with Crippen molar-refractivity contribution in [2.75, 3.05) is 0 Å². The molecule has 0 aromatic rings. The van der Waals surface area contributed by atoms with E-state index in [4.69, 9.17) is 10.2 Å². The molecule has 2 atom stereocenters. The van der Waals surface area contributed by atoms with Crippen molar-refractivity contribution in [1.29, 1.82) is 0 Å². The van der Waals surface area contributed by atoms with Crippen molar-refractivity contribution in [3.63, 3.8) is 0 Å². The van der Waals surface area contributed by atoms with Crippen molar-refractivity contribution in [3.8, 4) is 0 Å². The molecule has 2 unspecified atom stereocenters. The SMILES string of the molecule is OC(CC(F)(F)F)C(O)CC(F)(F)C(F)(F)F. The summed E-state index contributed by atoms with van der Waals surface area (Å²) in [7, 11) is 0. The van der Waals surface area contributed by atoms with E-state index >= 15 is 0 Å². The highest BCUT2D eigenvalue weighted by atomic mass is 19.4. The van der Waals surface area contributed by atoms with Crippen LogP contribution < -0.4 is 0 Å². The van der Waals surface area contributed by atoms with E-state index in [0.717, 1.165) is 0 Å². The lowest BCUT2D eigenvalue weighted by atomic mass is 10.0. The van der Waals surface area contributed by atoms with Gasteiger partial charge in [0.25, 0.3) is 0 Å². The molecule has 2 nitrogen and oxygen atoms in total. The first-order valence-corrected chi connectivity index (χ1v) is 4.14. The van der Waals surface area contributed by atoms with E-state index in [9.17, 15) is 35.1 Å². The van der Waals surface area contributed by atoms with Crippen LogP contribution in [0.15, 0.2) is 0 Å². The van der Waals surface area contributed by atoms with Gasteiger partial charge in [-0.2, -0.15) is 35.1 Å². The first-order chi connectivity index (χ1) is 7.26. The Morgan fingerprint density at radius 1 is 0.706 bits per heavy atom. The topological polar surface area (TPSA) is 40.5 Å². The van der Waals surface area contributed by atoms with Gasteiger partial charge in [-0.25, -0.2) is 0 Å². The smallest absolute Gasteiger partial charge is 0.390 e. The fourth-order valence-electron chi connectivity index (χ4n) is 0.888. The molecule has 0 aliphatic rings. The molecule has 0 amide bonds.